The zero-order valence-corrected chi connectivity index (χ0v) is 12.4. The number of carbonyl (C=O) groups excluding carboxylic acids is 1. The van der Waals surface area contributed by atoms with Gasteiger partial charge >= 0.3 is 0 Å². The fourth-order valence-electron chi connectivity index (χ4n) is 1.51. The Labute approximate surface area is 118 Å². The van der Waals surface area contributed by atoms with Crippen LogP contribution < -0.4 is 14.9 Å². The minimum Gasteiger partial charge on any atom is -0.497 e. The van der Waals surface area contributed by atoms with Gasteiger partial charge in [-0.05, 0) is 12.1 Å². The standard InChI is InChI=1S/C12H18N2O5S/c1-9(12(15)13-19-3)8-20(16,17)14-10-5-4-6-11(7-10)18-2/h4-7,9,14H,8H2,1-3H3,(H,13,15). The lowest BCUT2D eigenvalue weighted by Gasteiger charge is -2.13. The van der Waals surface area contributed by atoms with Gasteiger partial charge in [-0.2, -0.15) is 0 Å². The summed E-state index contributed by atoms with van der Waals surface area (Å²) in [7, 11) is -0.868. The molecule has 0 fully saturated rings. The number of hydroxylamine groups is 1. The molecule has 1 amide bonds. The first-order valence-corrected chi connectivity index (χ1v) is 7.50. The van der Waals surface area contributed by atoms with Gasteiger partial charge in [0.15, 0.2) is 0 Å². The summed E-state index contributed by atoms with van der Waals surface area (Å²) >= 11 is 0. The number of sulfonamides is 1. The largest absolute Gasteiger partial charge is 0.497 e. The van der Waals surface area contributed by atoms with Crippen molar-refractivity contribution >= 4 is 21.6 Å². The quantitative estimate of drug-likeness (QED) is 0.725. The van der Waals surface area contributed by atoms with Crippen LogP contribution in [0.5, 0.6) is 5.75 Å². The zero-order chi connectivity index (χ0) is 15.2. The molecular weight excluding hydrogens is 284 g/mol. The maximum atomic E-state index is 11.9. The molecule has 20 heavy (non-hydrogen) atoms. The molecule has 8 heteroatoms. The molecule has 0 saturated heterocycles. The van der Waals surface area contributed by atoms with E-state index in [4.69, 9.17) is 4.74 Å². The number of nitrogens with one attached hydrogen (secondary N) is 2. The van der Waals surface area contributed by atoms with Crippen LogP contribution in [-0.2, 0) is 19.7 Å². The minimum atomic E-state index is -3.64. The van der Waals surface area contributed by atoms with Crippen LogP contribution in [-0.4, -0.2) is 34.3 Å². The van der Waals surface area contributed by atoms with Gasteiger partial charge in [0.2, 0.25) is 15.9 Å². The highest BCUT2D eigenvalue weighted by Crippen LogP contribution is 2.18. The molecular formula is C12H18N2O5S. The van der Waals surface area contributed by atoms with Crippen molar-refractivity contribution in [3.63, 3.8) is 0 Å². The summed E-state index contributed by atoms with van der Waals surface area (Å²) in [5.41, 5.74) is 2.48. The molecule has 0 radical (unpaired) electrons. The van der Waals surface area contributed by atoms with Crippen LogP contribution in [0.3, 0.4) is 0 Å². The monoisotopic (exact) mass is 302 g/mol. The molecule has 1 aromatic carbocycles. The number of rotatable bonds is 7. The summed E-state index contributed by atoms with van der Waals surface area (Å²) in [4.78, 5) is 15.9. The molecule has 0 bridgehead atoms. The van der Waals surface area contributed by atoms with E-state index >= 15 is 0 Å². The van der Waals surface area contributed by atoms with Crippen LogP contribution in [0.2, 0.25) is 0 Å². The molecule has 112 valence electrons. The predicted octanol–water partition coefficient (Wildman–Crippen LogP) is 0.751. The van der Waals surface area contributed by atoms with E-state index in [0.29, 0.717) is 11.4 Å². The SMILES string of the molecule is CONC(=O)C(C)CS(=O)(=O)Nc1cccc(OC)c1. The molecule has 0 saturated carbocycles. The van der Waals surface area contributed by atoms with Gasteiger partial charge in [0.25, 0.3) is 0 Å². The number of carbonyl (C=O) groups is 1. The Morgan fingerprint density at radius 2 is 2.05 bits per heavy atom. The number of ether oxygens (including phenoxy) is 1. The minimum absolute atomic E-state index is 0.348. The number of amides is 1. The van der Waals surface area contributed by atoms with Gasteiger partial charge < -0.3 is 4.74 Å². The molecule has 1 rings (SSSR count). The van der Waals surface area contributed by atoms with E-state index in [1.807, 2.05) is 0 Å². The second-order valence-electron chi connectivity index (χ2n) is 4.19. The van der Waals surface area contributed by atoms with Crippen LogP contribution >= 0.6 is 0 Å². The van der Waals surface area contributed by atoms with E-state index < -0.39 is 21.8 Å². The maximum Gasteiger partial charge on any atom is 0.247 e. The summed E-state index contributed by atoms with van der Waals surface area (Å²) in [6, 6.07) is 6.52. The van der Waals surface area contributed by atoms with E-state index in [9.17, 15) is 13.2 Å². The van der Waals surface area contributed by atoms with E-state index in [1.165, 1.54) is 21.1 Å². The lowest BCUT2D eigenvalue weighted by atomic mass is 10.2. The summed E-state index contributed by atoms with van der Waals surface area (Å²) in [6.07, 6.45) is 0. The van der Waals surface area contributed by atoms with Crippen LogP contribution in [0.1, 0.15) is 6.92 Å². The second kappa shape index (κ2) is 7.11. The summed E-state index contributed by atoms with van der Waals surface area (Å²) in [6.45, 7) is 1.50. The first kappa shape index (κ1) is 16.3. The zero-order valence-electron chi connectivity index (χ0n) is 11.5. The average Bonchev–Trinajstić information content (AvgIpc) is 2.38. The topological polar surface area (TPSA) is 93.7 Å². The van der Waals surface area contributed by atoms with Crippen LogP contribution in [0.15, 0.2) is 24.3 Å². The molecule has 0 aliphatic carbocycles. The van der Waals surface area contributed by atoms with Crippen molar-refractivity contribution in [1.29, 1.82) is 0 Å². The highest BCUT2D eigenvalue weighted by atomic mass is 32.2. The van der Waals surface area contributed by atoms with Crippen molar-refractivity contribution in [2.75, 3.05) is 24.7 Å². The van der Waals surface area contributed by atoms with Crippen molar-refractivity contribution in [2.45, 2.75) is 6.92 Å². The van der Waals surface area contributed by atoms with Crippen molar-refractivity contribution in [1.82, 2.24) is 5.48 Å². The highest BCUT2D eigenvalue weighted by Gasteiger charge is 2.21. The highest BCUT2D eigenvalue weighted by molar-refractivity contribution is 7.92. The first-order chi connectivity index (χ1) is 9.38. The third kappa shape index (κ3) is 5.06. The van der Waals surface area contributed by atoms with E-state index in [-0.39, 0.29) is 5.75 Å². The molecule has 0 aliphatic rings. The Kier molecular flexibility index (Phi) is 5.78. The molecule has 0 heterocycles. The Hall–Kier alpha value is -1.80. The number of hydrogen-bond acceptors (Lipinski definition) is 5. The third-order valence-corrected chi connectivity index (χ3v) is 3.95. The fraction of sp³-hybridized carbons (Fsp3) is 0.417. The van der Waals surface area contributed by atoms with E-state index in [0.717, 1.165) is 0 Å². The van der Waals surface area contributed by atoms with Crippen molar-refractivity contribution in [2.24, 2.45) is 5.92 Å². The van der Waals surface area contributed by atoms with Gasteiger partial charge in [-0.25, -0.2) is 13.9 Å². The van der Waals surface area contributed by atoms with Crippen molar-refractivity contribution < 1.29 is 22.8 Å². The van der Waals surface area contributed by atoms with Gasteiger partial charge in [-0.3, -0.25) is 14.4 Å². The average molecular weight is 302 g/mol. The fourth-order valence-corrected chi connectivity index (χ4v) is 2.89. The number of methoxy groups -OCH3 is 1. The third-order valence-electron chi connectivity index (χ3n) is 2.46. The molecule has 2 N–H and O–H groups in total. The smallest absolute Gasteiger partial charge is 0.247 e. The van der Waals surface area contributed by atoms with Crippen molar-refractivity contribution in [3.8, 4) is 5.75 Å². The van der Waals surface area contributed by atoms with Gasteiger partial charge in [0.1, 0.15) is 5.75 Å². The van der Waals surface area contributed by atoms with Gasteiger partial charge in [-0.1, -0.05) is 13.0 Å². The predicted molar refractivity (Wildman–Crippen MR) is 74.7 cm³/mol. The molecule has 1 unspecified atom stereocenters. The lowest BCUT2D eigenvalue weighted by Crippen LogP contribution is -2.34. The van der Waals surface area contributed by atoms with Crippen LogP contribution in [0, 0.1) is 5.92 Å². The second-order valence-corrected chi connectivity index (χ2v) is 5.95. The summed E-state index contributed by atoms with van der Waals surface area (Å²) < 4.78 is 31.3. The van der Waals surface area contributed by atoms with Crippen molar-refractivity contribution in [3.05, 3.63) is 24.3 Å². The number of anilines is 1. The lowest BCUT2D eigenvalue weighted by molar-refractivity contribution is -0.134. The summed E-state index contributed by atoms with van der Waals surface area (Å²) in [5.74, 6) is -1.05. The first-order valence-electron chi connectivity index (χ1n) is 5.85. The summed E-state index contributed by atoms with van der Waals surface area (Å²) in [5, 5.41) is 0. The van der Waals surface area contributed by atoms with Crippen LogP contribution in [0.25, 0.3) is 0 Å². The van der Waals surface area contributed by atoms with E-state index in [2.05, 4.69) is 15.0 Å². The Bertz CT molecular complexity index is 559. The normalized spacial score (nSPS) is 12.6. The Morgan fingerprint density at radius 3 is 2.65 bits per heavy atom. The van der Waals surface area contributed by atoms with Gasteiger partial charge in [-0.15, -0.1) is 0 Å². The van der Waals surface area contributed by atoms with Gasteiger partial charge in [0.05, 0.1) is 31.6 Å². The molecule has 0 aromatic heterocycles. The van der Waals surface area contributed by atoms with E-state index in [1.54, 1.807) is 24.3 Å². The molecule has 0 aliphatic heterocycles. The Balaban J connectivity index is 2.72. The number of benzene rings is 1. The Morgan fingerprint density at radius 1 is 1.35 bits per heavy atom. The molecule has 7 nitrogen and oxygen atoms in total. The van der Waals surface area contributed by atoms with Crippen LogP contribution in [0.4, 0.5) is 5.69 Å². The molecule has 1 aromatic rings. The number of hydrogen-bond donors (Lipinski definition) is 2. The maximum absolute atomic E-state index is 11.9. The molecule has 0 spiro atoms. The molecule has 1 atom stereocenters. The van der Waals surface area contributed by atoms with Gasteiger partial charge in [0, 0.05) is 6.07 Å².